The van der Waals surface area contributed by atoms with E-state index >= 15 is 0 Å². The first-order valence-corrected chi connectivity index (χ1v) is 14.0. The molecule has 0 aliphatic carbocycles. The van der Waals surface area contributed by atoms with Gasteiger partial charge in [-0.15, -0.1) is 0 Å². The van der Waals surface area contributed by atoms with Crippen LogP contribution in [0.25, 0.3) is 33.3 Å². The molecule has 32 heavy (non-hydrogen) atoms. The van der Waals surface area contributed by atoms with Gasteiger partial charge in [-0.05, 0) is 23.8 Å². The van der Waals surface area contributed by atoms with Gasteiger partial charge in [0.25, 0.3) is 0 Å². The number of hydrogen-bond donors (Lipinski definition) is 0. The van der Waals surface area contributed by atoms with Crippen molar-refractivity contribution in [1.82, 2.24) is 4.98 Å². The Bertz CT molecular complexity index is 1490. The van der Waals surface area contributed by atoms with Crippen LogP contribution in [0.5, 0.6) is 0 Å². The lowest BCUT2D eigenvalue weighted by Crippen LogP contribution is -2.36. The highest BCUT2D eigenvalue weighted by Crippen LogP contribution is 2.45. The molecule has 6 nitrogen and oxygen atoms in total. The average molecular weight is 531 g/mol. The van der Waals surface area contributed by atoms with Gasteiger partial charge in [0.2, 0.25) is 20.0 Å². The largest absolute Gasteiger partial charge is 0.247 e. The smallest absolute Gasteiger partial charge is 0.245 e. The second kappa shape index (κ2) is 8.31. The van der Waals surface area contributed by atoms with Gasteiger partial charge in [0.1, 0.15) is 0 Å². The predicted octanol–water partition coefficient (Wildman–Crippen LogP) is 5.06. The first-order valence-electron chi connectivity index (χ1n) is 9.52. The van der Waals surface area contributed by atoms with E-state index in [0.29, 0.717) is 35.9 Å². The third-order valence-corrected chi connectivity index (χ3v) is 8.50. The molecule has 0 aliphatic rings. The molecule has 1 aromatic heterocycles. The highest BCUT2D eigenvalue weighted by molar-refractivity contribution is 9.10. The maximum absolute atomic E-state index is 12.9. The van der Waals surface area contributed by atoms with Crippen LogP contribution in [-0.2, 0) is 20.0 Å². The lowest BCUT2D eigenvalue weighted by atomic mass is 9.95. The number of nitrogens with zero attached hydrogens (tertiary/aromatic N) is 2. The summed E-state index contributed by atoms with van der Waals surface area (Å²) in [6, 6.07) is 23.5. The molecule has 9 heteroatoms. The molecule has 0 saturated heterocycles. The van der Waals surface area contributed by atoms with Crippen LogP contribution < -0.4 is 3.71 Å². The summed E-state index contributed by atoms with van der Waals surface area (Å²) in [6.07, 6.45) is 1.77. The van der Waals surface area contributed by atoms with Crippen LogP contribution in [0, 0.1) is 0 Å². The van der Waals surface area contributed by atoms with Crippen molar-refractivity contribution in [3.8, 4) is 22.4 Å². The summed E-state index contributed by atoms with van der Waals surface area (Å²) in [6.45, 7) is 0. The first kappa shape index (κ1) is 22.4. The van der Waals surface area contributed by atoms with Crippen LogP contribution in [0.15, 0.2) is 83.3 Å². The van der Waals surface area contributed by atoms with Crippen molar-refractivity contribution < 1.29 is 16.8 Å². The Hall–Kier alpha value is -2.75. The number of pyridine rings is 1. The monoisotopic (exact) mass is 530 g/mol. The molecule has 4 rings (SSSR count). The van der Waals surface area contributed by atoms with E-state index in [2.05, 4.69) is 15.9 Å². The number of fused-ring (bicyclic) bond motifs is 1. The van der Waals surface area contributed by atoms with Crippen molar-refractivity contribution in [2.75, 3.05) is 16.2 Å². The standard InChI is InChI=1S/C23H19BrN2O4S2/c1-31(27,28)26(32(2,29)30)23-19-15-18(24)13-14-20(19)25-22(17-11-7-4-8-12-17)21(23)16-9-5-3-6-10-16/h3-15H,1-2H3. The minimum absolute atomic E-state index is 0.0475. The van der Waals surface area contributed by atoms with Crippen LogP contribution in [0.1, 0.15) is 0 Å². The zero-order valence-electron chi connectivity index (χ0n) is 17.2. The molecular weight excluding hydrogens is 512 g/mol. The van der Waals surface area contributed by atoms with Crippen molar-refractivity contribution >= 4 is 52.6 Å². The Morgan fingerprint density at radius 3 is 1.81 bits per heavy atom. The van der Waals surface area contributed by atoms with Gasteiger partial charge in [0.05, 0.1) is 29.4 Å². The number of anilines is 1. The van der Waals surface area contributed by atoms with Crippen molar-refractivity contribution in [2.24, 2.45) is 0 Å². The van der Waals surface area contributed by atoms with Crippen molar-refractivity contribution in [3.63, 3.8) is 0 Å². The molecule has 0 fully saturated rings. The van der Waals surface area contributed by atoms with E-state index in [1.165, 1.54) is 0 Å². The van der Waals surface area contributed by atoms with Crippen LogP contribution in [-0.4, -0.2) is 34.3 Å². The SMILES string of the molecule is CS(=O)(=O)N(c1c(-c2ccccc2)c(-c2ccccc2)nc2ccc(Br)cc12)S(C)(=O)=O. The van der Waals surface area contributed by atoms with Gasteiger partial charge in [0.15, 0.2) is 0 Å². The normalized spacial score (nSPS) is 12.1. The van der Waals surface area contributed by atoms with Crippen molar-refractivity contribution in [1.29, 1.82) is 0 Å². The molecule has 0 N–H and O–H groups in total. The Morgan fingerprint density at radius 2 is 1.28 bits per heavy atom. The van der Waals surface area contributed by atoms with Gasteiger partial charge >= 0.3 is 0 Å². The molecule has 164 valence electrons. The molecule has 0 bridgehead atoms. The molecule has 0 saturated carbocycles. The van der Waals surface area contributed by atoms with Crippen LogP contribution in [0.2, 0.25) is 0 Å². The highest BCUT2D eigenvalue weighted by atomic mass is 79.9. The van der Waals surface area contributed by atoms with Gasteiger partial charge in [-0.1, -0.05) is 76.6 Å². The Kier molecular flexibility index (Phi) is 5.83. The third kappa shape index (κ3) is 4.28. The Balaban J connectivity index is 2.31. The summed E-state index contributed by atoms with van der Waals surface area (Å²) in [4.78, 5) is 4.83. The zero-order chi connectivity index (χ0) is 23.1. The zero-order valence-corrected chi connectivity index (χ0v) is 20.4. The minimum Gasteiger partial charge on any atom is -0.247 e. The highest BCUT2D eigenvalue weighted by Gasteiger charge is 2.33. The van der Waals surface area contributed by atoms with E-state index < -0.39 is 20.0 Å². The summed E-state index contributed by atoms with van der Waals surface area (Å²) >= 11 is 3.42. The Labute approximate surface area is 195 Å². The second-order valence-electron chi connectivity index (χ2n) is 7.30. The number of aromatic nitrogens is 1. The van der Waals surface area contributed by atoms with E-state index in [1.807, 2.05) is 48.5 Å². The van der Waals surface area contributed by atoms with E-state index in [9.17, 15) is 16.8 Å². The van der Waals surface area contributed by atoms with Gasteiger partial charge in [-0.2, -0.15) is 3.71 Å². The lowest BCUT2D eigenvalue weighted by Gasteiger charge is -2.26. The van der Waals surface area contributed by atoms with Crippen LogP contribution in [0.3, 0.4) is 0 Å². The molecule has 0 atom stereocenters. The molecule has 3 aromatic carbocycles. The molecular formula is C23H19BrN2O4S2. The maximum Gasteiger partial charge on any atom is 0.245 e. The predicted molar refractivity (Wildman–Crippen MR) is 132 cm³/mol. The lowest BCUT2D eigenvalue weighted by molar-refractivity contribution is 0.591. The molecule has 0 spiro atoms. The number of rotatable bonds is 5. The summed E-state index contributed by atoms with van der Waals surface area (Å²) in [5.41, 5.74) is 2.80. The van der Waals surface area contributed by atoms with E-state index in [4.69, 9.17) is 4.98 Å². The number of benzene rings is 3. The molecule has 4 aromatic rings. The number of hydrogen-bond acceptors (Lipinski definition) is 5. The molecule has 1 heterocycles. The summed E-state index contributed by atoms with van der Waals surface area (Å²) < 4.78 is 52.6. The fourth-order valence-electron chi connectivity index (χ4n) is 3.67. The topological polar surface area (TPSA) is 84.4 Å². The van der Waals surface area contributed by atoms with Crippen molar-refractivity contribution in [3.05, 3.63) is 83.3 Å². The molecule has 0 radical (unpaired) electrons. The average Bonchev–Trinajstić information content (AvgIpc) is 2.73. The summed E-state index contributed by atoms with van der Waals surface area (Å²) in [5, 5.41) is 0.397. The molecule has 0 unspecified atom stereocenters. The molecule has 0 aliphatic heterocycles. The van der Waals surface area contributed by atoms with Gasteiger partial charge in [0, 0.05) is 21.0 Å². The first-order chi connectivity index (χ1) is 15.1. The van der Waals surface area contributed by atoms with Gasteiger partial charge in [-0.3, -0.25) is 0 Å². The fourth-order valence-corrected chi connectivity index (χ4v) is 7.04. The minimum atomic E-state index is -4.21. The number of halogens is 1. The Morgan fingerprint density at radius 1 is 0.750 bits per heavy atom. The quantitative estimate of drug-likeness (QED) is 0.360. The second-order valence-corrected chi connectivity index (χ2v) is 12.1. The summed E-state index contributed by atoms with van der Waals surface area (Å²) in [5.74, 6) is 0. The van der Waals surface area contributed by atoms with E-state index in [1.54, 1.807) is 30.3 Å². The van der Waals surface area contributed by atoms with Gasteiger partial charge in [-0.25, -0.2) is 21.8 Å². The fraction of sp³-hybridized carbons (Fsp3) is 0.0870. The molecule has 0 amide bonds. The maximum atomic E-state index is 12.9. The van der Waals surface area contributed by atoms with Gasteiger partial charge < -0.3 is 0 Å². The van der Waals surface area contributed by atoms with E-state index in [-0.39, 0.29) is 5.69 Å². The summed E-state index contributed by atoms with van der Waals surface area (Å²) in [7, 11) is -8.41. The van der Waals surface area contributed by atoms with E-state index in [0.717, 1.165) is 18.1 Å². The van der Waals surface area contributed by atoms with Crippen LogP contribution >= 0.6 is 15.9 Å². The third-order valence-electron chi connectivity index (χ3n) is 4.81. The van der Waals surface area contributed by atoms with Crippen molar-refractivity contribution in [2.45, 2.75) is 0 Å². The number of sulfonamides is 2. The van der Waals surface area contributed by atoms with Crippen LogP contribution in [0.4, 0.5) is 5.69 Å².